The lowest BCUT2D eigenvalue weighted by atomic mass is 10.3. The van der Waals surface area contributed by atoms with Crippen LogP contribution in [0.3, 0.4) is 0 Å². The van der Waals surface area contributed by atoms with Crippen molar-refractivity contribution in [3.63, 3.8) is 0 Å². The largest absolute Gasteiger partial charge is 0.382 e. The number of nitrogens with two attached hydrogens (primary N) is 1. The molecule has 1 atom stereocenters. The maximum absolute atomic E-state index is 5.76. The van der Waals surface area contributed by atoms with E-state index in [1.165, 1.54) is 0 Å². The van der Waals surface area contributed by atoms with Gasteiger partial charge in [0.05, 0.1) is 6.33 Å². The van der Waals surface area contributed by atoms with Gasteiger partial charge in [-0.3, -0.25) is 0 Å². The van der Waals surface area contributed by atoms with Gasteiger partial charge in [-0.1, -0.05) is 0 Å². The van der Waals surface area contributed by atoms with Crippen molar-refractivity contribution in [2.45, 2.75) is 20.0 Å². The summed E-state index contributed by atoms with van der Waals surface area (Å²) in [5, 5.41) is 0. The normalized spacial score (nSPS) is 13.2. The Morgan fingerprint density at radius 3 is 3.07 bits per heavy atom. The summed E-state index contributed by atoms with van der Waals surface area (Å²) >= 11 is 0. The van der Waals surface area contributed by atoms with Gasteiger partial charge in [0.1, 0.15) is 11.6 Å². The van der Waals surface area contributed by atoms with Gasteiger partial charge in [0, 0.05) is 6.61 Å². The van der Waals surface area contributed by atoms with Gasteiger partial charge in [-0.05, 0) is 13.8 Å². The Hall–Kier alpha value is -1.69. The van der Waals surface area contributed by atoms with Gasteiger partial charge in [0.15, 0.2) is 17.3 Å². The van der Waals surface area contributed by atoms with Gasteiger partial charge in [0.25, 0.3) is 0 Å². The van der Waals surface area contributed by atoms with Crippen molar-refractivity contribution in [1.29, 1.82) is 0 Å². The molecule has 0 amide bonds. The van der Waals surface area contributed by atoms with E-state index in [0.717, 1.165) is 0 Å². The van der Waals surface area contributed by atoms with E-state index < -0.39 is 0 Å². The van der Waals surface area contributed by atoms with E-state index in [1.807, 2.05) is 13.8 Å². The van der Waals surface area contributed by atoms with E-state index in [2.05, 4.69) is 19.9 Å². The number of nitrogens with zero attached hydrogens (tertiary/aromatic N) is 3. The molecule has 0 aromatic carbocycles. The van der Waals surface area contributed by atoms with E-state index in [-0.39, 0.29) is 6.10 Å². The third-order valence-corrected chi connectivity index (χ3v) is 2.11. The minimum Gasteiger partial charge on any atom is -0.382 e. The minimum absolute atomic E-state index is 0.168. The summed E-state index contributed by atoms with van der Waals surface area (Å²) < 4.78 is 5.39. The lowest BCUT2D eigenvalue weighted by Crippen LogP contribution is -2.07. The predicted molar refractivity (Wildman–Crippen MR) is 56.1 cm³/mol. The Balaban J connectivity index is 2.44. The molecular formula is C9H13N5O. The molecule has 2 heterocycles. The van der Waals surface area contributed by atoms with Crippen LogP contribution >= 0.6 is 0 Å². The molecule has 0 saturated heterocycles. The Kier molecular flexibility index (Phi) is 2.51. The minimum atomic E-state index is -0.168. The summed E-state index contributed by atoms with van der Waals surface area (Å²) in [7, 11) is 0. The molecule has 0 saturated carbocycles. The maximum Gasteiger partial charge on any atom is 0.183 e. The molecule has 0 radical (unpaired) electrons. The number of hydrogen-bond donors (Lipinski definition) is 2. The topological polar surface area (TPSA) is 89.7 Å². The van der Waals surface area contributed by atoms with Crippen LogP contribution in [0.2, 0.25) is 0 Å². The summed E-state index contributed by atoms with van der Waals surface area (Å²) in [4.78, 5) is 15.3. The molecule has 3 N–H and O–H groups in total. The van der Waals surface area contributed by atoms with Crippen molar-refractivity contribution < 1.29 is 4.74 Å². The van der Waals surface area contributed by atoms with Crippen molar-refractivity contribution >= 4 is 17.0 Å². The van der Waals surface area contributed by atoms with E-state index in [9.17, 15) is 0 Å². The third kappa shape index (κ3) is 1.75. The Labute approximate surface area is 86.9 Å². The van der Waals surface area contributed by atoms with Crippen LogP contribution in [0.15, 0.2) is 6.33 Å². The second-order valence-electron chi connectivity index (χ2n) is 3.17. The van der Waals surface area contributed by atoms with Crippen molar-refractivity contribution in [3.05, 3.63) is 12.2 Å². The number of ether oxygens (including phenoxy) is 1. The monoisotopic (exact) mass is 207 g/mol. The number of aromatic nitrogens is 4. The van der Waals surface area contributed by atoms with Crippen molar-refractivity contribution in [3.8, 4) is 0 Å². The highest BCUT2D eigenvalue weighted by molar-refractivity contribution is 5.80. The zero-order valence-electron chi connectivity index (χ0n) is 8.69. The van der Waals surface area contributed by atoms with Crippen molar-refractivity contribution in [1.82, 2.24) is 19.9 Å². The molecule has 15 heavy (non-hydrogen) atoms. The number of imidazole rings is 1. The third-order valence-electron chi connectivity index (χ3n) is 2.11. The van der Waals surface area contributed by atoms with Crippen LogP contribution in [-0.2, 0) is 4.74 Å². The number of fused-ring (bicyclic) bond motifs is 1. The van der Waals surface area contributed by atoms with Crippen LogP contribution in [0.25, 0.3) is 11.2 Å². The van der Waals surface area contributed by atoms with Gasteiger partial charge in [-0.2, -0.15) is 0 Å². The molecule has 80 valence electrons. The van der Waals surface area contributed by atoms with Gasteiger partial charge in [-0.25, -0.2) is 15.0 Å². The van der Waals surface area contributed by atoms with E-state index in [0.29, 0.717) is 29.4 Å². The molecule has 0 fully saturated rings. The molecule has 0 aliphatic heterocycles. The predicted octanol–water partition coefficient (Wildman–Crippen LogP) is 1.03. The van der Waals surface area contributed by atoms with Crippen LogP contribution < -0.4 is 5.73 Å². The van der Waals surface area contributed by atoms with Crippen LogP contribution in [0.1, 0.15) is 25.8 Å². The van der Waals surface area contributed by atoms with Crippen LogP contribution in [0.5, 0.6) is 0 Å². The van der Waals surface area contributed by atoms with Crippen LogP contribution in [0.4, 0.5) is 5.82 Å². The molecule has 2 rings (SSSR count). The molecule has 0 aliphatic carbocycles. The highest BCUT2D eigenvalue weighted by Gasteiger charge is 2.12. The summed E-state index contributed by atoms with van der Waals surface area (Å²) in [6.07, 6.45) is 1.38. The molecule has 0 bridgehead atoms. The lowest BCUT2D eigenvalue weighted by molar-refractivity contribution is 0.0704. The van der Waals surface area contributed by atoms with Crippen LogP contribution in [0, 0.1) is 0 Å². The van der Waals surface area contributed by atoms with Crippen molar-refractivity contribution in [2.24, 2.45) is 0 Å². The summed E-state index contributed by atoms with van der Waals surface area (Å²) in [5.41, 5.74) is 7.00. The number of rotatable bonds is 3. The number of H-pyrrole nitrogens is 1. The van der Waals surface area contributed by atoms with E-state index in [1.54, 1.807) is 6.33 Å². The Morgan fingerprint density at radius 2 is 2.33 bits per heavy atom. The first-order valence-corrected chi connectivity index (χ1v) is 4.80. The van der Waals surface area contributed by atoms with E-state index in [4.69, 9.17) is 10.5 Å². The zero-order chi connectivity index (χ0) is 10.8. The molecule has 6 nitrogen and oxygen atoms in total. The number of nitrogens with one attached hydrogen (secondary N) is 1. The molecule has 0 aliphatic rings. The highest BCUT2D eigenvalue weighted by atomic mass is 16.5. The zero-order valence-corrected chi connectivity index (χ0v) is 8.69. The first-order valence-electron chi connectivity index (χ1n) is 4.80. The average Bonchev–Trinajstić information content (AvgIpc) is 2.66. The number of aromatic amines is 1. The molecular weight excluding hydrogens is 194 g/mol. The number of nitrogen functional groups attached to an aromatic ring is 1. The van der Waals surface area contributed by atoms with E-state index >= 15 is 0 Å². The maximum atomic E-state index is 5.76. The van der Waals surface area contributed by atoms with Crippen molar-refractivity contribution in [2.75, 3.05) is 12.3 Å². The van der Waals surface area contributed by atoms with Gasteiger partial charge in [-0.15, -0.1) is 0 Å². The molecule has 2 aromatic rings. The average molecular weight is 207 g/mol. The second kappa shape index (κ2) is 3.82. The lowest BCUT2D eigenvalue weighted by Gasteiger charge is -2.10. The summed E-state index contributed by atoms with van der Waals surface area (Å²) in [6.45, 7) is 4.42. The fourth-order valence-electron chi connectivity index (χ4n) is 1.38. The quantitative estimate of drug-likeness (QED) is 0.784. The molecule has 1 unspecified atom stereocenters. The fraction of sp³-hybridized carbons (Fsp3) is 0.444. The SMILES string of the molecule is CCOC(C)c1nc(N)c2[nH]cnc2n1. The number of anilines is 1. The first-order chi connectivity index (χ1) is 7.22. The fourth-order valence-corrected chi connectivity index (χ4v) is 1.38. The first kappa shape index (κ1) is 9.85. The number of hydrogen-bond acceptors (Lipinski definition) is 5. The molecule has 2 aromatic heterocycles. The smallest absolute Gasteiger partial charge is 0.183 e. The van der Waals surface area contributed by atoms with Gasteiger partial charge >= 0.3 is 0 Å². The second-order valence-corrected chi connectivity index (χ2v) is 3.17. The molecule has 6 heteroatoms. The van der Waals surface area contributed by atoms with Gasteiger partial charge in [0.2, 0.25) is 0 Å². The summed E-state index contributed by atoms with van der Waals surface area (Å²) in [6, 6.07) is 0. The summed E-state index contributed by atoms with van der Waals surface area (Å²) in [5.74, 6) is 0.966. The van der Waals surface area contributed by atoms with Gasteiger partial charge < -0.3 is 15.5 Å². The van der Waals surface area contributed by atoms with Crippen LogP contribution in [-0.4, -0.2) is 26.5 Å². The highest BCUT2D eigenvalue weighted by Crippen LogP contribution is 2.18. The Bertz CT molecular complexity index is 466. The molecule has 0 spiro atoms. The Morgan fingerprint density at radius 1 is 1.53 bits per heavy atom. The standard InChI is InChI=1S/C9H13N5O/c1-3-15-5(2)8-13-7(10)6-9(14-8)12-4-11-6/h4-5H,3H2,1-2H3,(H3,10,11,12,13,14).